The molecule has 1 atom stereocenters. The summed E-state index contributed by atoms with van der Waals surface area (Å²) in [7, 11) is 0. The minimum Gasteiger partial charge on any atom is -0.387 e. The third-order valence-electron chi connectivity index (χ3n) is 3.75. The van der Waals surface area contributed by atoms with Crippen LogP contribution in [0.2, 0.25) is 5.02 Å². The maximum absolute atomic E-state index is 13.5. The molecule has 0 saturated heterocycles. The van der Waals surface area contributed by atoms with E-state index in [0.29, 0.717) is 29.8 Å². The number of nitriles is 1. The van der Waals surface area contributed by atoms with E-state index in [2.05, 4.69) is 21.6 Å². The molecule has 1 heterocycles. The van der Waals surface area contributed by atoms with Crippen LogP contribution in [0, 0.1) is 17.1 Å². The molecule has 1 aromatic carbocycles. The first-order chi connectivity index (χ1) is 11.5. The van der Waals surface area contributed by atoms with Crippen molar-refractivity contribution in [2.24, 2.45) is 0 Å². The molecule has 1 aromatic heterocycles. The van der Waals surface area contributed by atoms with E-state index in [1.54, 1.807) is 6.07 Å². The van der Waals surface area contributed by atoms with Crippen molar-refractivity contribution in [2.45, 2.75) is 32.8 Å². The molecular formula is C17H18ClFN4O. The van der Waals surface area contributed by atoms with E-state index in [0.717, 1.165) is 11.3 Å². The number of nitrogens with zero attached hydrogens (tertiary/aromatic N) is 3. The van der Waals surface area contributed by atoms with Gasteiger partial charge in [-0.15, -0.1) is 5.10 Å². The Balaban J connectivity index is 2.19. The number of anilines is 1. The topological polar surface area (TPSA) is 81.8 Å². The molecule has 24 heavy (non-hydrogen) atoms. The molecule has 0 aliphatic carbocycles. The van der Waals surface area contributed by atoms with Crippen molar-refractivity contribution in [2.75, 3.05) is 11.9 Å². The molecule has 0 aliphatic heterocycles. The molecular weight excluding hydrogens is 331 g/mol. The van der Waals surface area contributed by atoms with Crippen LogP contribution in [0.5, 0.6) is 0 Å². The highest BCUT2D eigenvalue weighted by atomic mass is 35.5. The second-order valence-electron chi connectivity index (χ2n) is 5.24. The lowest BCUT2D eigenvalue weighted by molar-refractivity contribution is 0.191. The van der Waals surface area contributed by atoms with Gasteiger partial charge in [-0.25, -0.2) is 4.39 Å². The number of hydrogen-bond acceptors (Lipinski definition) is 5. The third kappa shape index (κ3) is 3.81. The Labute approximate surface area is 145 Å². The van der Waals surface area contributed by atoms with Gasteiger partial charge in [0.15, 0.2) is 5.82 Å². The number of hydrogen-bond donors (Lipinski definition) is 2. The molecule has 126 valence electrons. The molecule has 1 unspecified atom stereocenters. The largest absolute Gasteiger partial charge is 0.387 e. The minimum absolute atomic E-state index is 0.000662. The molecule has 0 bridgehead atoms. The summed E-state index contributed by atoms with van der Waals surface area (Å²) in [6.07, 6.45) is 0.389. The number of halogens is 2. The molecule has 7 heteroatoms. The van der Waals surface area contributed by atoms with E-state index in [9.17, 15) is 14.8 Å². The van der Waals surface area contributed by atoms with Gasteiger partial charge in [0.05, 0.1) is 16.8 Å². The van der Waals surface area contributed by atoms with Crippen molar-refractivity contribution < 1.29 is 9.50 Å². The standard InChI is InChI=1S/C17H18ClFN4O/c1-3-11-12(8-20)17(23-22-15(11)4-2)21-9-16(24)10-5-6-13(18)14(19)7-10/h5-7,16,24H,3-4,9H2,1-2H3,(H,21,23). The minimum atomic E-state index is -0.971. The average molecular weight is 349 g/mol. The number of aryl methyl sites for hydroxylation is 1. The number of aliphatic hydroxyl groups is 1. The normalized spacial score (nSPS) is 11.8. The zero-order valence-corrected chi connectivity index (χ0v) is 14.2. The summed E-state index contributed by atoms with van der Waals surface area (Å²) >= 11 is 5.63. The van der Waals surface area contributed by atoms with Crippen LogP contribution >= 0.6 is 11.6 Å². The number of nitrogens with one attached hydrogen (secondary N) is 1. The van der Waals surface area contributed by atoms with Gasteiger partial charge in [-0.2, -0.15) is 10.4 Å². The zero-order valence-electron chi connectivity index (χ0n) is 13.5. The van der Waals surface area contributed by atoms with Gasteiger partial charge in [0.2, 0.25) is 0 Å². The fraction of sp³-hybridized carbons (Fsp3) is 0.353. The molecule has 0 spiro atoms. The van der Waals surface area contributed by atoms with E-state index in [1.807, 2.05) is 13.8 Å². The van der Waals surface area contributed by atoms with Gasteiger partial charge in [0.25, 0.3) is 0 Å². The number of aromatic nitrogens is 2. The third-order valence-corrected chi connectivity index (χ3v) is 4.06. The van der Waals surface area contributed by atoms with Crippen LogP contribution < -0.4 is 5.32 Å². The molecule has 0 fully saturated rings. The van der Waals surface area contributed by atoms with Gasteiger partial charge in [-0.3, -0.25) is 0 Å². The number of rotatable bonds is 6. The van der Waals surface area contributed by atoms with Gasteiger partial charge in [-0.05, 0) is 36.1 Å². The first-order valence-corrected chi connectivity index (χ1v) is 8.04. The summed E-state index contributed by atoms with van der Waals surface area (Å²) in [4.78, 5) is 0. The van der Waals surface area contributed by atoms with Gasteiger partial charge < -0.3 is 10.4 Å². The molecule has 5 nitrogen and oxygen atoms in total. The van der Waals surface area contributed by atoms with Crippen LogP contribution in [0.25, 0.3) is 0 Å². The Morgan fingerprint density at radius 1 is 1.33 bits per heavy atom. The first-order valence-electron chi connectivity index (χ1n) is 7.67. The van der Waals surface area contributed by atoms with Crippen LogP contribution in [0.1, 0.15) is 42.3 Å². The summed E-state index contributed by atoms with van der Waals surface area (Å²) in [5, 5.41) is 30.7. The highest BCUT2D eigenvalue weighted by Gasteiger charge is 2.16. The summed E-state index contributed by atoms with van der Waals surface area (Å²) in [5.41, 5.74) is 2.46. The van der Waals surface area contributed by atoms with E-state index < -0.39 is 11.9 Å². The highest BCUT2D eigenvalue weighted by Crippen LogP contribution is 2.23. The Kier molecular flexibility index (Phi) is 6.07. The van der Waals surface area contributed by atoms with Crippen LogP contribution in [0.3, 0.4) is 0 Å². The molecule has 0 amide bonds. The number of aliphatic hydroxyl groups excluding tert-OH is 1. The Bertz CT molecular complexity index is 776. The fourth-order valence-electron chi connectivity index (χ4n) is 2.45. The van der Waals surface area contributed by atoms with E-state index in [-0.39, 0.29) is 11.6 Å². The predicted octanol–water partition coefficient (Wildman–Crippen LogP) is 3.41. The maximum atomic E-state index is 13.5. The van der Waals surface area contributed by atoms with Crippen molar-refractivity contribution >= 4 is 17.4 Å². The monoisotopic (exact) mass is 348 g/mol. The summed E-state index contributed by atoms with van der Waals surface area (Å²) in [5.74, 6) is -0.272. The van der Waals surface area contributed by atoms with Crippen LogP contribution in [0.15, 0.2) is 18.2 Å². The molecule has 0 aliphatic rings. The quantitative estimate of drug-likeness (QED) is 0.836. The molecule has 2 aromatic rings. The lowest BCUT2D eigenvalue weighted by Gasteiger charge is -2.15. The molecule has 0 saturated carbocycles. The van der Waals surface area contributed by atoms with Crippen molar-refractivity contribution in [1.29, 1.82) is 5.26 Å². The lowest BCUT2D eigenvalue weighted by Crippen LogP contribution is -2.16. The predicted molar refractivity (Wildman–Crippen MR) is 90.4 cm³/mol. The van der Waals surface area contributed by atoms with Crippen molar-refractivity contribution in [1.82, 2.24) is 10.2 Å². The van der Waals surface area contributed by atoms with Crippen LogP contribution in [0.4, 0.5) is 10.2 Å². The highest BCUT2D eigenvalue weighted by molar-refractivity contribution is 6.30. The first kappa shape index (κ1) is 18.1. The van der Waals surface area contributed by atoms with Crippen LogP contribution in [-0.2, 0) is 12.8 Å². The fourth-order valence-corrected chi connectivity index (χ4v) is 2.57. The number of benzene rings is 1. The maximum Gasteiger partial charge on any atom is 0.167 e. The van der Waals surface area contributed by atoms with Crippen molar-refractivity contribution in [3.8, 4) is 6.07 Å². The summed E-state index contributed by atoms with van der Waals surface area (Å²) in [6, 6.07) is 6.27. The zero-order chi connectivity index (χ0) is 17.7. The molecule has 0 radical (unpaired) electrons. The average Bonchev–Trinajstić information content (AvgIpc) is 2.60. The van der Waals surface area contributed by atoms with E-state index >= 15 is 0 Å². The van der Waals surface area contributed by atoms with Crippen molar-refractivity contribution in [3.05, 3.63) is 51.4 Å². The second kappa shape index (κ2) is 8.04. The SMILES string of the molecule is CCc1nnc(NCC(O)c2ccc(Cl)c(F)c2)c(C#N)c1CC. The summed E-state index contributed by atoms with van der Waals surface area (Å²) in [6.45, 7) is 3.97. The Hall–Kier alpha value is -2.23. The van der Waals surface area contributed by atoms with Gasteiger partial charge in [0.1, 0.15) is 17.4 Å². The summed E-state index contributed by atoms with van der Waals surface area (Å²) < 4.78 is 13.5. The molecule has 2 rings (SSSR count). The Morgan fingerprint density at radius 3 is 2.67 bits per heavy atom. The van der Waals surface area contributed by atoms with Crippen molar-refractivity contribution in [3.63, 3.8) is 0 Å². The lowest BCUT2D eigenvalue weighted by atomic mass is 10.0. The van der Waals surface area contributed by atoms with Gasteiger partial charge in [-0.1, -0.05) is 31.5 Å². The van der Waals surface area contributed by atoms with Gasteiger partial charge >= 0.3 is 0 Å². The van der Waals surface area contributed by atoms with E-state index in [4.69, 9.17) is 11.6 Å². The van der Waals surface area contributed by atoms with Crippen LogP contribution in [-0.4, -0.2) is 21.8 Å². The smallest absolute Gasteiger partial charge is 0.167 e. The second-order valence-corrected chi connectivity index (χ2v) is 5.65. The van der Waals surface area contributed by atoms with E-state index in [1.165, 1.54) is 12.1 Å². The Morgan fingerprint density at radius 2 is 2.08 bits per heavy atom. The molecule has 2 N–H and O–H groups in total. The van der Waals surface area contributed by atoms with Gasteiger partial charge in [0, 0.05) is 6.54 Å².